The number of Topliss-reactive ketones (excluding diaryl/α,β-unsaturated/α-hetero) is 1. The van der Waals surface area contributed by atoms with E-state index < -0.39 is 45.8 Å². The third-order valence-electron chi connectivity index (χ3n) is 8.35. The van der Waals surface area contributed by atoms with Crippen LogP contribution >= 0.6 is 0 Å². The van der Waals surface area contributed by atoms with E-state index >= 15 is 0 Å². The molecule has 1 aliphatic heterocycles. The van der Waals surface area contributed by atoms with Gasteiger partial charge in [-0.25, -0.2) is 0 Å². The lowest BCUT2D eigenvalue weighted by atomic mass is 9.59. The predicted octanol–water partition coefficient (Wildman–Crippen LogP) is 1.46. The number of carboxylic acid groups (broad SMARTS) is 1. The highest BCUT2D eigenvalue weighted by atomic mass is 16.6. The van der Waals surface area contributed by atoms with Gasteiger partial charge in [0.2, 0.25) is 0 Å². The number of fused-ring (bicyclic) bond motifs is 1. The molecule has 25 heavy (non-hydrogen) atoms. The first-order chi connectivity index (χ1) is 11.6. The number of carboxylic acids is 1. The molecule has 5 aliphatic rings. The standard InChI is InChI=1S/C19H22O6/c1-9-7-17-8-18(9,24)5-3-10(17)19-6-4-11(20)16(2,15(23)25-19)13(19)12(17)14(21)22/h10,12-13,24H,1,3-8H2,2H3,(H,21,22)/t10-,12-,13-,16-,17+,18+,19-/m1/s1. The first-order valence-corrected chi connectivity index (χ1v) is 9.02. The average molecular weight is 346 g/mol. The summed E-state index contributed by atoms with van der Waals surface area (Å²) in [5.41, 5.74) is -3.27. The zero-order valence-corrected chi connectivity index (χ0v) is 14.2. The van der Waals surface area contributed by atoms with E-state index in [9.17, 15) is 24.6 Å². The molecular formula is C19H22O6. The molecule has 1 saturated heterocycles. The van der Waals surface area contributed by atoms with E-state index in [2.05, 4.69) is 6.58 Å². The second-order valence-corrected chi connectivity index (χ2v) is 9.08. The van der Waals surface area contributed by atoms with Crippen LogP contribution in [0.1, 0.15) is 45.4 Å². The van der Waals surface area contributed by atoms with E-state index in [4.69, 9.17) is 4.74 Å². The fourth-order valence-electron chi connectivity index (χ4n) is 7.46. The first-order valence-electron chi connectivity index (χ1n) is 9.02. The van der Waals surface area contributed by atoms with Crippen LogP contribution in [0.3, 0.4) is 0 Å². The number of ketones is 1. The summed E-state index contributed by atoms with van der Waals surface area (Å²) in [6.45, 7) is 5.60. The van der Waals surface area contributed by atoms with Crippen molar-refractivity contribution in [3.05, 3.63) is 12.2 Å². The maximum Gasteiger partial charge on any atom is 0.320 e. The topological polar surface area (TPSA) is 101 Å². The van der Waals surface area contributed by atoms with E-state index in [1.807, 2.05) is 0 Å². The van der Waals surface area contributed by atoms with Crippen molar-refractivity contribution in [2.75, 3.05) is 0 Å². The van der Waals surface area contributed by atoms with Crippen LogP contribution in [0.2, 0.25) is 0 Å². The van der Waals surface area contributed by atoms with Crippen LogP contribution < -0.4 is 0 Å². The van der Waals surface area contributed by atoms with Crippen LogP contribution in [0.5, 0.6) is 0 Å². The van der Waals surface area contributed by atoms with Crippen molar-refractivity contribution in [1.82, 2.24) is 0 Å². The predicted molar refractivity (Wildman–Crippen MR) is 84.3 cm³/mol. The fraction of sp³-hybridized carbons (Fsp3) is 0.737. The minimum Gasteiger partial charge on any atom is -0.481 e. The molecule has 1 heterocycles. The lowest BCUT2D eigenvalue weighted by Crippen LogP contribution is -2.51. The van der Waals surface area contributed by atoms with E-state index in [1.165, 1.54) is 0 Å². The van der Waals surface area contributed by atoms with Gasteiger partial charge in [-0.2, -0.15) is 0 Å². The minimum atomic E-state index is -1.38. The van der Waals surface area contributed by atoms with Crippen molar-refractivity contribution >= 4 is 17.7 Å². The average Bonchev–Trinajstić information content (AvgIpc) is 2.95. The van der Waals surface area contributed by atoms with Gasteiger partial charge in [0, 0.05) is 18.3 Å². The van der Waals surface area contributed by atoms with E-state index in [0.717, 1.165) is 0 Å². The molecule has 4 bridgehead atoms. The zero-order valence-electron chi connectivity index (χ0n) is 14.2. The summed E-state index contributed by atoms with van der Waals surface area (Å²) < 4.78 is 5.90. The van der Waals surface area contributed by atoms with Gasteiger partial charge in [0.15, 0.2) is 5.78 Å². The summed E-state index contributed by atoms with van der Waals surface area (Å²) in [5, 5.41) is 21.1. The van der Waals surface area contributed by atoms with Crippen LogP contribution in [0, 0.1) is 28.6 Å². The van der Waals surface area contributed by atoms with Crippen molar-refractivity contribution in [2.45, 2.75) is 56.7 Å². The third kappa shape index (κ3) is 1.36. The molecule has 0 radical (unpaired) electrons. The molecule has 4 aliphatic carbocycles. The highest BCUT2D eigenvalue weighted by molar-refractivity contribution is 6.07. The molecule has 0 aromatic rings. The molecule has 0 amide bonds. The van der Waals surface area contributed by atoms with Gasteiger partial charge < -0.3 is 14.9 Å². The summed E-state index contributed by atoms with van der Waals surface area (Å²) in [5.74, 6) is -3.41. The second-order valence-electron chi connectivity index (χ2n) is 9.08. The van der Waals surface area contributed by atoms with Crippen molar-refractivity contribution in [3.8, 4) is 0 Å². The lowest BCUT2D eigenvalue weighted by Gasteiger charge is -2.45. The van der Waals surface area contributed by atoms with E-state index in [1.54, 1.807) is 6.92 Å². The Morgan fingerprint density at radius 3 is 2.72 bits per heavy atom. The maximum atomic E-state index is 12.7. The number of carbonyl (C=O) groups excluding carboxylic acids is 2. The van der Waals surface area contributed by atoms with Gasteiger partial charge in [0.05, 0.1) is 11.5 Å². The molecule has 6 nitrogen and oxygen atoms in total. The fourth-order valence-corrected chi connectivity index (χ4v) is 7.46. The zero-order chi connectivity index (χ0) is 18.0. The summed E-state index contributed by atoms with van der Waals surface area (Å²) in [6, 6.07) is 0. The highest BCUT2D eigenvalue weighted by Gasteiger charge is 2.84. The first kappa shape index (κ1) is 15.6. The number of carbonyl (C=O) groups is 3. The van der Waals surface area contributed by atoms with Gasteiger partial charge >= 0.3 is 11.9 Å². The van der Waals surface area contributed by atoms with Crippen molar-refractivity contribution < 1.29 is 29.3 Å². The quantitative estimate of drug-likeness (QED) is 0.423. The van der Waals surface area contributed by atoms with Gasteiger partial charge in [0.25, 0.3) is 0 Å². The Hall–Kier alpha value is -1.69. The Morgan fingerprint density at radius 1 is 1.32 bits per heavy atom. The Kier molecular flexibility index (Phi) is 2.49. The summed E-state index contributed by atoms with van der Waals surface area (Å²) in [4.78, 5) is 37.7. The Morgan fingerprint density at radius 2 is 2.04 bits per heavy atom. The number of hydrogen-bond donors (Lipinski definition) is 2. The number of esters is 1. The summed E-state index contributed by atoms with van der Waals surface area (Å²) in [6.07, 6.45) is 2.56. The SMILES string of the molecule is C=C1C[C@]23C[C@@]1(O)CC[C@H]2[C@@]12CCC(=O)[C@@](C)(C(=O)O1)[C@H]2[C@@H]3C(=O)O. The molecule has 0 aromatic carbocycles. The van der Waals surface area contributed by atoms with Crippen LogP contribution in [-0.2, 0) is 19.1 Å². The number of aliphatic carboxylic acids is 1. The van der Waals surface area contributed by atoms with E-state index in [0.29, 0.717) is 37.7 Å². The smallest absolute Gasteiger partial charge is 0.320 e. The molecular weight excluding hydrogens is 324 g/mol. The largest absolute Gasteiger partial charge is 0.481 e. The Bertz CT molecular complexity index is 772. The lowest BCUT2D eigenvalue weighted by molar-refractivity contribution is -0.163. The second kappa shape index (κ2) is 4.00. The molecule has 4 saturated carbocycles. The number of aliphatic hydroxyl groups is 1. The number of rotatable bonds is 1. The molecule has 1 spiro atoms. The summed E-state index contributed by atoms with van der Waals surface area (Å²) in [7, 11) is 0. The molecule has 5 fully saturated rings. The Labute approximate surface area is 145 Å². The van der Waals surface area contributed by atoms with Crippen molar-refractivity contribution in [3.63, 3.8) is 0 Å². The minimum absolute atomic E-state index is 0.135. The third-order valence-corrected chi connectivity index (χ3v) is 8.35. The molecule has 0 aromatic heterocycles. The number of ether oxygens (including phenoxy) is 1. The van der Waals surface area contributed by atoms with Gasteiger partial charge in [0.1, 0.15) is 11.0 Å². The van der Waals surface area contributed by atoms with Crippen molar-refractivity contribution in [2.24, 2.45) is 28.6 Å². The Balaban J connectivity index is 1.77. The van der Waals surface area contributed by atoms with E-state index in [-0.39, 0.29) is 18.1 Å². The molecule has 5 rings (SSSR count). The maximum absolute atomic E-state index is 12.7. The summed E-state index contributed by atoms with van der Waals surface area (Å²) >= 11 is 0. The van der Waals surface area contributed by atoms with Crippen LogP contribution in [0.4, 0.5) is 0 Å². The molecule has 7 atom stereocenters. The van der Waals surface area contributed by atoms with Crippen LogP contribution in [0.15, 0.2) is 12.2 Å². The monoisotopic (exact) mass is 346 g/mol. The molecule has 134 valence electrons. The van der Waals surface area contributed by atoms with Gasteiger partial charge in [-0.3, -0.25) is 14.4 Å². The van der Waals surface area contributed by atoms with Gasteiger partial charge in [-0.05, 0) is 50.0 Å². The van der Waals surface area contributed by atoms with Crippen LogP contribution in [0.25, 0.3) is 0 Å². The van der Waals surface area contributed by atoms with Crippen LogP contribution in [-0.4, -0.2) is 39.1 Å². The van der Waals surface area contributed by atoms with Gasteiger partial charge in [-0.1, -0.05) is 6.58 Å². The number of hydrogen-bond acceptors (Lipinski definition) is 5. The molecule has 0 unspecified atom stereocenters. The highest BCUT2D eigenvalue weighted by Crippen LogP contribution is 2.77. The molecule has 6 heteroatoms. The molecule has 2 N–H and O–H groups in total. The normalized spacial score (nSPS) is 55.8. The van der Waals surface area contributed by atoms with Gasteiger partial charge in [-0.15, -0.1) is 0 Å². The van der Waals surface area contributed by atoms with Crippen molar-refractivity contribution in [1.29, 1.82) is 0 Å².